The van der Waals surface area contributed by atoms with Crippen molar-refractivity contribution >= 4 is 28.9 Å². The van der Waals surface area contributed by atoms with Gasteiger partial charge in [0.2, 0.25) is 11.9 Å². The molecule has 0 aliphatic rings. The molecule has 0 bridgehead atoms. The SMILES string of the molecule is COc1ccccc1Nc1nc(N)nc(Cn2nnn(-c3cccs3)c2=O)n1. The van der Waals surface area contributed by atoms with Crippen molar-refractivity contribution in [2.24, 2.45) is 0 Å². The second kappa shape index (κ2) is 7.44. The highest BCUT2D eigenvalue weighted by molar-refractivity contribution is 7.12. The number of nitrogens with two attached hydrogens (primary N) is 1. The minimum atomic E-state index is -0.402. The van der Waals surface area contributed by atoms with Crippen LogP contribution in [0.3, 0.4) is 0 Å². The maximum atomic E-state index is 12.5. The van der Waals surface area contributed by atoms with Crippen LogP contribution in [0.15, 0.2) is 46.6 Å². The van der Waals surface area contributed by atoms with Gasteiger partial charge in [-0.1, -0.05) is 12.1 Å². The molecule has 11 nitrogen and oxygen atoms in total. The molecule has 0 unspecified atom stereocenters. The summed E-state index contributed by atoms with van der Waals surface area (Å²) in [5.74, 6) is 1.13. The lowest BCUT2D eigenvalue weighted by atomic mass is 10.3. The second-order valence-electron chi connectivity index (χ2n) is 5.54. The maximum Gasteiger partial charge on any atom is 0.369 e. The van der Waals surface area contributed by atoms with Crippen molar-refractivity contribution in [1.82, 2.24) is 34.7 Å². The number of ether oxygens (including phenoxy) is 1. The molecule has 0 aliphatic carbocycles. The van der Waals surface area contributed by atoms with E-state index in [1.807, 2.05) is 29.6 Å². The lowest BCUT2D eigenvalue weighted by molar-refractivity contribution is 0.417. The third kappa shape index (κ3) is 3.53. The van der Waals surface area contributed by atoms with Gasteiger partial charge in [-0.15, -0.1) is 11.3 Å². The van der Waals surface area contributed by atoms with Gasteiger partial charge < -0.3 is 15.8 Å². The van der Waals surface area contributed by atoms with Gasteiger partial charge in [-0.3, -0.25) is 0 Å². The molecule has 1 aromatic carbocycles. The largest absolute Gasteiger partial charge is 0.495 e. The zero-order valence-electron chi connectivity index (χ0n) is 14.7. The number of nitrogens with one attached hydrogen (secondary N) is 1. The summed E-state index contributed by atoms with van der Waals surface area (Å²) in [4.78, 5) is 25.0. The summed E-state index contributed by atoms with van der Waals surface area (Å²) in [5, 5.41) is 13.3. The predicted octanol–water partition coefficient (Wildman–Crippen LogP) is 1.06. The van der Waals surface area contributed by atoms with Crippen molar-refractivity contribution in [2.75, 3.05) is 18.2 Å². The van der Waals surface area contributed by atoms with E-state index in [1.54, 1.807) is 19.2 Å². The first kappa shape index (κ1) is 17.6. The third-order valence-corrected chi connectivity index (χ3v) is 4.54. The molecule has 0 saturated carbocycles. The summed E-state index contributed by atoms with van der Waals surface area (Å²) in [6, 6.07) is 10.9. The minimum Gasteiger partial charge on any atom is -0.495 e. The molecule has 3 aromatic heterocycles. The van der Waals surface area contributed by atoms with Crippen LogP contribution in [0.4, 0.5) is 17.6 Å². The van der Waals surface area contributed by atoms with Crippen molar-refractivity contribution in [1.29, 1.82) is 0 Å². The Morgan fingerprint density at radius 1 is 1.14 bits per heavy atom. The molecular weight excluding hydrogens is 382 g/mol. The number of rotatable bonds is 6. The van der Waals surface area contributed by atoms with Gasteiger partial charge in [-0.05, 0) is 40.1 Å². The quantitative estimate of drug-likeness (QED) is 0.489. The number of benzene rings is 1. The van der Waals surface area contributed by atoms with Gasteiger partial charge in [0.1, 0.15) is 17.3 Å². The number of hydrogen-bond donors (Lipinski definition) is 2. The van der Waals surface area contributed by atoms with Gasteiger partial charge in [0.15, 0.2) is 5.82 Å². The van der Waals surface area contributed by atoms with Crippen LogP contribution in [0, 0.1) is 0 Å². The molecule has 0 fully saturated rings. The standard InChI is InChI=1S/C16H15N9O2S/c1-27-11-6-3-2-5-10(11)18-15-20-12(19-14(17)21-15)9-24-16(26)25(23-22-24)13-7-4-8-28-13/h2-8H,9H2,1H3,(H3,17,18,19,20,21). The van der Waals surface area contributed by atoms with E-state index in [9.17, 15) is 4.79 Å². The minimum absolute atomic E-state index is 0.00245. The number of para-hydroxylation sites is 2. The maximum absolute atomic E-state index is 12.5. The number of aromatic nitrogens is 7. The lowest BCUT2D eigenvalue weighted by Gasteiger charge is -2.10. The Morgan fingerprint density at radius 3 is 2.79 bits per heavy atom. The second-order valence-corrected chi connectivity index (χ2v) is 6.47. The van der Waals surface area contributed by atoms with E-state index in [0.717, 1.165) is 4.68 Å². The van der Waals surface area contributed by atoms with E-state index >= 15 is 0 Å². The van der Waals surface area contributed by atoms with E-state index in [2.05, 4.69) is 30.7 Å². The molecule has 0 aliphatic heterocycles. The monoisotopic (exact) mass is 397 g/mol. The van der Waals surface area contributed by atoms with Crippen molar-refractivity contribution in [3.63, 3.8) is 0 Å². The molecule has 3 heterocycles. The van der Waals surface area contributed by atoms with Crippen LogP contribution in [0.2, 0.25) is 0 Å². The van der Waals surface area contributed by atoms with Crippen LogP contribution in [0.5, 0.6) is 5.75 Å². The zero-order chi connectivity index (χ0) is 19.5. The third-order valence-electron chi connectivity index (χ3n) is 3.70. The first-order chi connectivity index (χ1) is 13.6. The van der Waals surface area contributed by atoms with Crippen LogP contribution in [-0.2, 0) is 6.54 Å². The molecule has 4 aromatic rings. The van der Waals surface area contributed by atoms with Crippen LogP contribution in [-0.4, -0.2) is 41.9 Å². The van der Waals surface area contributed by atoms with Crippen LogP contribution >= 0.6 is 11.3 Å². The molecule has 0 amide bonds. The molecule has 4 rings (SSSR count). The Hall–Kier alpha value is -3.80. The van der Waals surface area contributed by atoms with Gasteiger partial charge in [0, 0.05) is 0 Å². The van der Waals surface area contributed by atoms with Crippen molar-refractivity contribution in [3.05, 3.63) is 58.1 Å². The molecule has 142 valence electrons. The Bertz CT molecular complexity index is 1150. The normalized spacial score (nSPS) is 10.8. The summed E-state index contributed by atoms with van der Waals surface area (Å²) < 4.78 is 7.66. The van der Waals surface area contributed by atoms with Gasteiger partial charge in [-0.2, -0.15) is 24.3 Å². The first-order valence-electron chi connectivity index (χ1n) is 8.11. The van der Waals surface area contributed by atoms with E-state index < -0.39 is 5.69 Å². The average molecular weight is 397 g/mol. The highest BCUT2D eigenvalue weighted by Gasteiger charge is 2.13. The highest BCUT2D eigenvalue weighted by atomic mass is 32.1. The number of anilines is 3. The number of nitrogen functional groups attached to an aromatic ring is 1. The molecular formula is C16H15N9O2S. The van der Waals surface area contributed by atoms with Crippen molar-refractivity contribution in [2.45, 2.75) is 6.54 Å². The summed E-state index contributed by atoms with van der Waals surface area (Å²) in [6.45, 7) is -0.00245. The number of nitrogens with zero attached hydrogens (tertiary/aromatic N) is 7. The van der Waals surface area contributed by atoms with E-state index in [0.29, 0.717) is 16.4 Å². The summed E-state index contributed by atoms with van der Waals surface area (Å²) in [7, 11) is 1.57. The van der Waals surface area contributed by atoms with Gasteiger partial charge in [0.05, 0.1) is 12.8 Å². The molecule has 3 N–H and O–H groups in total. The number of thiophene rings is 1. The van der Waals surface area contributed by atoms with Crippen molar-refractivity contribution < 1.29 is 4.74 Å². The Balaban J connectivity index is 1.61. The smallest absolute Gasteiger partial charge is 0.369 e. The van der Waals surface area contributed by atoms with Gasteiger partial charge >= 0.3 is 5.69 Å². The Morgan fingerprint density at radius 2 is 2.00 bits per heavy atom. The van der Waals surface area contributed by atoms with Crippen LogP contribution < -0.4 is 21.5 Å². The number of hydrogen-bond acceptors (Lipinski definition) is 10. The van der Waals surface area contributed by atoms with Gasteiger partial charge in [-0.25, -0.2) is 4.79 Å². The fraction of sp³-hybridized carbons (Fsp3) is 0.125. The molecule has 0 spiro atoms. The van der Waals surface area contributed by atoms with E-state index in [1.165, 1.54) is 16.0 Å². The average Bonchev–Trinajstić information content (AvgIpc) is 3.32. The number of tetrazole rings is 1. The van der Waals surface area contributed by atoms with Crippen LogP contribution in [0.1, 0.15) is 5.82 Å². The topological polar surface area (TPSA) is 139 Å². The molecule has 0 atom stereocenters. The molecule has 28 heavy (non-hydrogen) atoms. The molecule has 0 radical (unpaired) electrons. The highest BCUT2D eigenvalue weighted by Crippen LogP contribution is 2.25. The summed E-state index contributed by atoms with van der Waals surface area (Å²) >= 11 is 1.38. The van der Waals surface area contributed by atoms with Gasteiger partial charge in [0.25, 0.3) is 0 Å². The Labute approximate surface area is 162 Å². The fourth-order valence-corrected chi connectivity index (χ4v) is 3.14. The fourth-order valence-electron chi connectivity index (χ4n) is 2.47. The zero-order valence-corrected chi connectivity index (χ0v) is 15.5. The van der Waals surface area contributed by atoms with E-state index in [4.69, 9.17) is 10.5 Å². The van der Waals surface area contributed by atoms with E-state index in [-0.39, 0.29) is 24.3 Å². The predicted molar refractivity (Wildman–Crippen MR) is 103 cm³/mol. The Kier molecular flexibility index (Phi) is 4.68. The lowest BCUT2D eigenvalue weighted by Crippen LogP contribution is -2.25. The summed E-state index contributed by atoms with van der Waals surface area (Å²) in [6.07, 6.45) is 0. The van der Waals surface area contributed by atoms with Crippen LogP contribution in [0.25, 0.3) is 5.00 Å². The molecule has 12 heteroatoms. The van der Waals surface area contributed by atoms with Crippen molar-refractivity contribution in [3.8, 4) is 10.8 Å². The molecule has 0 saturated heterocycles. The number of methoxy groups -OCH3 is 1. The summed E-state index contributed by atoms with van der Waals surface area (Å²) in [5.41, 5.74) is 6.06. The first-order valence-corrected chi connectivity index (χ1v) is 8.99.